The summed E-state index contributed by atoms with van der Waals surface area (Å²) in [6, 6.07) is 8.94. The Hall–Kier alpha value is -1.30. The van der Waals surface area contributed by atoms with Crippen molar-refractivity contribution in [3.63, 3.8) is 0 Å². The Labute approximate surface area is 125 Å². The van der Waals surface area contributed by atoms with E-state index >= 15 is 0 Å². The number of rotatable bonds is 4. The van der Waals surface area contributed by atoms with Crippen LogP contribution in [0.15, 0.2) is 40.9 Å². The van der Waals surface area contributed by atoms with Gasteiger partial charge in [0.25, 0.3) is 0 Å². The minimum Gasteiger partial charge on any atom is -0.271 e. The second kappa shape index (κ2) is 6.43. The average Bonchev–Trinajstić information content (AvgIpc) is 2.41. The van der Waals surface area contributed by atoms with Crippen molar-refractivity contribution in [2.75, 3.05) is 0 Å². The highest BCUT2D eigenvalue weighted by molar-refractivity contribution is 9.10. The molecule has 0 aliphatic heterocycles. The first-order chi connectivity index (χ1) is 9.51. The van der Waals surface area contributed by atoms with E-state index in [1.54, 1.807) is 18.2 Å². The molecule has 20 heavy (non-hydrogen) atoms. The van der Waals surface area contributed by atoms with Gasteiger partial charge in [0, 0.05) is 10.0 Å². The highest BCUT2D eigenvalue weighted by Crippen LogP contribution is 2.26. The van der Waals surface area contributed by atoms with Crippen LogP contribution in [0, 0.1) is 18.6 Å². The predicted molar refractivity (Wildman–Crippen MR) is 79.0 cm³/mol. The molecule has 106 valence electrons. The van der Waals surface area contributed by atoms with E-state index in [2.05, 4.69) is 21.4 Å². The first-order valence-electron chi connectivity index (χ1n) is 6.17. The summed E-state index contributed by atoms with van der Waals surface area (Å²) >= 11 is 3.31. The van der Waals surface area contributed by atoms with Gasteiger partial charge in [-0.1, -0.05) is 39.7 Å². The van der Waals surface area contributed by atoms with Crippen molar-refractivity contribution in [1.29, 1.82) is 0 Å². The standard InChI is InChI=1S/C15H15BrF2N2/c1-9-2-5-14(18)12(6-9)15(20-19)7-10-3-4-11(17)8-13(10)16/h2-6,8,15,20H,7,19H2,1H3. The van der Waals surface area contributed by atoms with Gasteiger partial charge in [0.05, 0.1) is 6.04 Å². The van der Waals surface area contributed by atoms with Crippen LogP contribution in [-0.4, -0.2) is 0 Å². The molecule has 0 heterocycles. The number of halogens is 3. The molecule has 2 aromatic carbocycles. The van der Waals surface area contributed by atoms with Gasteiger partial charge in [-0.15, -0.1) is 0 Å². The molecule has 3 N–H and O–H groups in total. The van der Waals surface area contributed by atoms with E-state index in [1.165, 1.54) is 18.2 Å². The van der Waals surface area contributed by atoms with Crippen LogP contribution in [0.2, 0.25) is 0 Å². The van der Waals surface area contributed by atoms with Crippen LogP contribution >= 0.6 is 15.9 Å². The number of hydrogen-bond donors (Lipinski definition) is 2. The van der Waals surface area contributed by atoms with Crippen molar-refractivity contribution in [2.45, 2.75) is 19.4 Å². The molecule has 1 unspecified atom stereocenters. The van der Waals surface area contributed by atoms with Crippen LogP contribution < -0.4 is 11.3 Å². The normalized spacial score (nSPS) is 12.4. The Bertz CT molecular complexity index is 617. The second-order valence-electron chi connectivity index (χ2n) is 4.68. The summed E-state index contributed by atoms with van der Waals surface area (Å²) in [6.45, 7) is 1.89. The van der Waals surface area contributed by atoms with E-state index in [0.717, 1.165) is 11.1 Å². The Morgan fingerprint density at radius 2 is 1.95 bits per heavy atom. The molecule has 0 fully saturated rings. The van der Waals surface area contributed by atoms with E-state index in [-0.39, 0.29) is 17.7 Å². The van der Waals surface area contributed by atoms with Gasteiger partial charge < -0.3 is 0 Å². The first-order valence-corrected chi connectivity index (χ1v) is 6.96. The van der Waals surface area contributed by atoms with Gasteiger partial charge in [-0.2, -0.15) is 0 Å². The molecule has 2 nitrogen and oxygen atoms in total. The van der Waals surface area contributed by atoms with Gasteiger partial charge in [-0.05, 0) is 37.1 Å². The number of aryl methyl sites for hydroxylation is 1. The molecule has 0 spiro atoms. The lowest BCUT2D eigenvalue weighted by Gasteiger charge is -2.18. The van der Waals surface area contributed by atoms with Crippen LogP contribution in [0.4, 0.5) is 8.78 Å². The van der Waals surface area contributed by atoms with E-state index < -0.39 is 0 Å². The lowest BCUT2D eigenvalue weighted by Crippen LogP contribution is -2.30. The second-order valence-corrected chi connectivity index (χ2v) is 5.54. The Morgan fingerprint density at radius 3 is 2.60 bits per heavy atom. The number of hydrogen-bond acceptors (Lipinski definition) is 2. The summed E-state index contributed by atoms with van der Waals surface area (Å²) in [4.78, 5) is 0. The van der Waals surface area contributed by atoms with E-state index in [0.29, 0.717) is 16.5 Å². The van der Waals surface area contributed by atoms with E-state index in [9.17, 15) is 8.78 Å². The highest BCUT2D eigenvalue weighted by atomic mass is 79.9. The minimum absolute atomic E-state index is 0.309. The predicted octanol–water partition coefficient (Wildman–Crippen LogP) is 3.78. The average molecular weight is 341 g/mol. The molecule has 0 saturated carbocycles. The van der Waals surface area contributed by atoms with Crippen molar-refractivity contribution in [3.8, 4) is 0 Å². The molecule has 0 aliphatic carbocycles. The summed E-state index contributed by atoms with van der Waals surface area (Å²) in [7, 11) is 0. The smallest absolute Gasteiger partial charge is 0.128 e. The molecule has 2 aromatic rings. The number of nitrogens with two attached hydrogens (primary N) is 1. The third-order valence-corrected chi connectivity index (χ3v) is 3.91. The van der Waals surface area contributed by atoms with Crippen LogP contribution in [0.25, 0.3) is 0 Å². The van der Waals surface area contributed by atoms with Crippen molar-refractivity contribution in [1.82, 2.24) is 5.43 Å². The molecule has 0 radical (unpaired) electrons. The topological polar surface area (TPSA) is 38.0 Å². The SMILES string of the molecule is Cc1ccc(F)c(C(Cc2ccc(F)cc2Br)NN)c1. The van der Waals surface area contributed by atoms with E-state index in [4.69, 9.17) is 5.84 Å². The zero-order chi connectivity index (χ0) is 14.7. The Morgan fingerprint density at radius 1 is 1.20 bits per heavy atom. The molecule has 0 aromatic heterocycles. The molecular formula is C15H15BrF2N2. The van der Waals surface area contributed by atoms with Crippen LogP contribution in [0.5, 0.6) is 0 Å². The van der Waals surface area contributed by atoms with Gasteiger partial charge in [0.15, 0.2) is 0 Å². The zero-order valence-corrected chi connectivity index (χ0v) is 12.5. The molecule has 2 rings (SSSR count). The summed E-state index contributed by atoms with van der Waals surface area (Å²) in [5.41, 5.74) is 4.94. The molecule has 5 heteroatoms. The molecular weight excluding hydrogens is 326 g/mol. The van der Waals surface area contributed by atoms with Gasteiger partial charge in [-0.3, -0.25) is 11.3 Å². The van der Waals surface area contributed by atoms with Crippen molar-refractivity contribution in [2.24, 2.45) is 5.84 Å². The maximum Gasteiger partial charge on any atom is 0.128 e. The largest absolute Gasteiger partial charge is 0.271 e. The van der Waals surface area contributed by atoms with Gasteiger partial charge in [0.2, 0.25) is 0 Å². The van der Waals surface area contributed by atoms with Crippen molar-refractivity contribution < 1.29 is 8.78 Å². The maximum absolute atomic E-state index is 13.9. The van der Waals surface area contributed by atoms with Gasteiger partial charge in [-0.25, -0.2) is 8.78 Å². The maximum atomic E-state index is 13.9. The fourth-order valence-electron chi connectivity index (χ4n) is 2.10. The molecule has 0 saturated heterocycles. The van der Waals surface area contributed by atoms with Crippen molar-refractivity contribution >= 4 is 15.9 Å². The fourth-order valence-corrected chi connectivity index (χ4v) is 2.61. The molecule has 0 aliphatic rings. The minimum atomic E-state index is -0.378. The summed E-state index contributed by atoms with van der Waals surface area (Å²) in [5, 5.41) is 0. The van der Waals surface area contributed by atoms with Gasteiger partial charge >= 0.3 is 0 Å². The van der Waals surface area contributed by atoms with Crippen LogP contribution in [-0.2, 0) is 6.42 Å². The van der Waals surface area contributed by atoms with Crippen LogP contribution in [0.1, 0.15) is 22.7 Å². The summed E-state index contributed by atoms with van der Waals surface area (Å²) < 4.78 is 27.6. The third kappa shape index (κ3) is 3.42. The lowest BCUT2D eigenvalue weighted by atomic mass is 9.97. The lowest BCUT2D eigenvalue weighted by molar-refractivity contribution is 0.509. The summed E-state index contributed by atoms with van der Waals surface area (Å²) in [5.74, 6) is 4.92. The van der Waals surface area contributed by atoms with Gasteiger partial charge in [0.1, 0.15) is 11.6 Å². The quantitative estimate of drug-likeness (QED) is 0.656. The number of hydrazine groups is 1. The Kier molecular flexibility index (Phi) is 4.86. The monoisotopic (exact) mass is 340 g/mol. The highest BCUT2D eigenvalue weighted by Gasteiger charge is 2.16. The van der Waals surface area contributed by atoms with E-state index in [1.807, 2.05) is 6.92 Å². The van der Waals surface area contributed by atoms with Crippen molar-refractivity contribution in [3.05, 3.63) is 69.2 Å². The Balaban J connectivity index is 2.31. The summed E-state index contributed by atoms with van der Waals surface area (Å²) in [6.07, 6.45) is 0.456. The molecule has 0 amide bonds. The third-order valence-electron chi connectivity index (χ3n) is 3.17. The number of nitrogens with one attached hydrogen (secondary N) is 1. The molecule has 0 bridgehead atoms. The fraction of sp³-hybridized carbons (Fsp3) is 0.200. The zero-order valence-electron chi connectivity index (χ0n) is 11.0. The van der Waals surface area contributed by atoms with Crippen LogP contribution in [0.3, 0.4) is 0 Å². The first kappa shape index (κ1) is 15.1. The number of benzene rings is 2. The molecule has 1 atom stereocenters.